The molecule has 3 rings (SSSR count). The molecule has 1 aliphatic rings. The summed E-state index contributed by atoms with van der Waals surface area (Å²) in [6.07, 6.45) is -2.35. The quantitative estimate of drug-likeness (QED) is 0.503. The van der Waals surface area contributed by atoms with Gasteiger partial charge in [-0.1, -0.05) is 37.6 Å². The maximum absolute atomic E-state index is 13.8. The van der Waals surface area contributed by atoms with E-state index in [4.69, 9.17) is 36.3 Å². The van der Waals surface area contributed by atoms with Crippen molar-refractivity contribution in [3.8, 4) is 11.5 Å². The normalized spacial score (nSPS) is 17.7. The van der Waals surface area contributed by atoms with Gasteiger partial charge < -0.3 is 29.6 Å². The number of esters is 1. The average Bonchev–Trinajstić information content (AvgIpc) is 2.92. The van der Waals surface area contributed by atoms with E-state index in [1.807, 2.05) is 13.8 Å². The number of fused-ring (bicyclic) bond motifs is 1. The zero-order valence-electron chi connectivity index (χ0n) is 21.0. The molecule has 0 saturated heterocycles. The minimum Gasteiger partial charge on any atom is -0.493 e. The van der Waals surface area contributed by atoms with Gasteiger partial charge in [0.25, 0.3) is 5.91 Å². The SMILES string of the molecule is COc1cccc([C@H]2O[C@H](CC(N)=O)C(=O)N(CC(C)(C)COC(C)=O)c3ccc(Cl)cc32)c1OC. The molecule has 0 fully saturated rings. The first-order chi connectivity index (χ1) is 17.0. The first-order valence-corrected chi connectivity index (χ1v) is 11.7. The van der Waals surface area contributed by atoms with Gasteiger partial charge in [0, 0.05) is 40.7 Å². The van der Waals surface area contributed by atoms with Crippen LogP contribution in [-0.2, 0) is 23.9 Å². The number of ether oxygens (including phenoxy) is 4. The number of carbonyl (C=O) groups is 3. The van der Waals surface area contributed by atoms with Gasteiger partial charge in [-0.3, -0.25) is 14.4 Å². The highest BCUT2D eigenvalue weighted by Gasteiger charge is 2.40. The largest absolute Gasteiger partial charge is 0.493 e. The van der Waals surface area contributed by atoms with Crippen LogP contribution in [0, 0.1) is 5.41 Å². The third-order valence-corrected chi connectivity index (χ3v) is 5.99. The Morgan fingerprint density at radius 3 is 2.47 bits per heavy atom. The number of halogens is 1. The van der Waals surface area contributed by atoms with Gasteiger partial charge in [0.2, 0.25) is 5.91 Å². The van der Waals surface area contributed by atoms with Crippen LogP contribution in [0.4, 0.5) is 5.69 Å². The molecule has 0 aromatic heterocycles. The summed E-state index contributed by atoms with van der Waals surface area (Å²) < 4.78 is 22.6. The molecule has 194 valence electrons. The van der Waals surface area contributed by atoms with Crippen molar-refractivity contribution < 1.29 is 33.3 Å². The number of primary amides is 1. The van der Waals surface area contributed by atoms with Crippen LogP contribution in [0.3, 0.4) is 0 Å². The molecule has 10 heteroatoms. The van der Waals surface area contributed by atoms with E-state index in [1.165, 1.54) is 26.0 Å². The number of para-hydroxylation sites is 1. The van der Waals surface area contributed by atoms with Gasteiger partial charge in [-0.25, -0.2) is 0 Å². The molecule has 1 aliphatic heterocycles. The van der Waals surface area contributed by atoms with Crippen molar-refractivity contribution in [1.82, 2.24) is 0 Å². The highest BCUT2D eigenvalue weighted by molar-refractivity contribution is 6.30. The van der Waals surface area contributed by atoms with E-state index in [-0.39, 0.29) is 19.6 Å². The van der Waals surface area contributed by atoms with Gasteiger partial charge in [-0.15, -0.1) is 0 Å². The highest BCUT2D eigenvalue weighted by Crippen LogP contribution is 2.45. The molecule has 2 N–H and O–H groups in total. The lowest BCUT2D eigenvalue weighted by Gasteiger charge is -2.33. The zero-order chi connectivity index (χ0) is 26.6. The maximum Gasteiger partial charge on any atom is 0.302 e. The minimum atomic E-state index is -1.18. The summed E-state index contributed by atoms with van der Waals surface area (Å²) in [4.78, 5) is 38.7. The second kappa shape index (κ2) is 11.2. The van der Waals surface area contributed by atoms with Crippen LogP contribution in [-0.4, -0.2) is 51.3 Å². The summed E-state index contributed by atoms with van der Waals surface area (Å²) >= 11 is 6.39. The van der Waals surface area contributed by atoms with E-state index in [1.54, 1.807) is 36.4 Å². The summed E-state index contributed by atoms with van der Waals surface area (Å²) in [7, 11) is 3.03. The summed E-state index contributed by atoms with van der Waals surface area (Å²) in [5.74, 6) is -0.656. The summed E-state index contributed by atoms with van der Waals surface area (Å²) in [5, 5.41) is 0.434. The zero-order valence-corrected chi connectivity index (χ0v) is 21.8. The van der Waals surface area contributed by atoms with Crippen LogP contribution in [0.5, 0.6) is 11.5 Å². The number of rotatable bonds is 9. The van der Waals surface area contributed by atoms with Crippen molar-refractivity contribution in [2.75, 3.05) is 32.3 Å². The first-order valence-electron chi connectivity index (χ1n) is 11.4. The molecule has 0 spiro atoms. The van der Waals surface area contributed by atoms with Crippen molar-refractivity contribution in [2.24, 2.45) is 11.1 Å². The number of anilines is 1. The van der Waals surface area contributed by atoms with E-state index in [2.05, 4.69) is 0 Å². The van der Waals surface area contributed by atoms with E-state index < -0.39 is 35.4 Å². The van der Waals surface area contributed by atoms with Crippen LogP contribution < -0.4 is 20.1 Å². The maximum atomic E-state index is 13.8. The fourth-order valence-electron chi connectivity index (χ4n) is 4.18. The molecule has 2 aromatic rings. The lowest BCUT2D eigenvalue weighted by atomic mass is 9.92. The van der Waals surface area contributed by atoms with Crippen molar-refractivity contribution in [2.45, 2.75) is 39.4 Å². The molecule has 0 bridgehead atoms. The smallest absolute Gasteiger partial charge is 0.302 e. The number of hydrogen-bond donors (Lipinski definition) is 1. The predicted octanol–water partition coefficient (Wildman–Crippen LogP) is 3.64. The Morgan fingerprint density at radius 2 is 1.86 bits per heavy atom. The number of amides is 2. The number of benzene rings is 2. The second-order valence-corrected chi connectivity index (χ2v) is 9.77. The number of methoxy groups -OCH3 is 2. The van der Waals surface area contributed by atoms with Crippen molar-refractivity contribution >= 4 is 35.1 Å². The van der Waals surface area contributed by atoms with Crippen molar-refractivity contribution in [1.29, 1.82) is 0 Å². The molecular weight excluding hydrogens is 488 g/mol. The van der Waals surface area contributed by atoms with E-state index >= 15 is 0 Å². The monoisotopic (exact) mass is 518 g/mol. The van der Waals surface area contributed by atoms with E-state index in [0.29, 0.717) is 33.3 Å². The standard InChI is InChI=1S/C26H31ClN2O7/c1-15(30)35-14-26(2,3)13-29-19-10-9-16(27)11-18(19)23(36-21(25(29)32)12-22(28)31)17-7-6-8-20(33-4)24(17)34-5/h6-11,21,23H,12-14H2,1-5H3,(H2,28,31)/t21-,23-/m1/s1. The topological polar surface area (TPSA) is 117 Å². The Bertz CT molecular complexity index is 1150. The Hall–Kier alpha value is -3.30. The van der Waals surface area contributed by atoms with Crippen LogP contribution in [0.2, 0.25) is 5.02 Å². The third kappa shape index (κ3) is 6.09. The number of nitrogens with zero attached hydrogens (tertiary/aromatic N) is 1. The first kappa shape index (κ1) is 27.3. The lowest BCUT2D eigenvalue weighted by molar-refractivity contribution is -0.144. The van der Waals surface area contributed by atoms with E-state index in [0.717, 1.165) is 0 Å². The third-order valence-electron chi connectivity index (χ3n) is 5.76. The van der Waals surface area contributed by atoms with Gasteiger partial charge in [0.05, 0.1) is 27.2 Å². The average molecular weight is 519 g/mol. The fourth-order valence-corrected chi connectivity index (χ4v) is 4.36. The molecule has 1 heterocycles. The predicted molar refractivity (Wildman–Crippen MR) is 134 cm³/mol. The van der Waals surface area contributed by atoms with Gasteiger partial charge >= 0.3 is 5.97 Å². The fraction of sp³-hybridized carbons (Fsp3) is 0.423. The van der Waals surface area contributed by atoms with Gasteiger partial charge in [-0.2, -0.15) is 0 Å². The van der Waals surface area contributed by atoms with Gasteiger partial charge in [0.1, 0.15) is 12.2 Å². The Labute approximate surface area is 215 Å². The molecule has 0 radical (unpaired) electrons. The molecule has 0 unspecified atom stereocenters. The number of nitrogens with two attached hydrogens (primary N) is 1. The minimum absolute atomic E-state index is 0.0868. The van der Waals surface area contributed by atoms with Gasteiger partial charge in [-0.05, 0) is 24.3 Å². The number of carbonyl (C=O) groups excluding carboxylic acids is 3. The van der Waals surface area contributed by atoms with Crippen LogP contribution in [0.15, 0.2) is 36.4 Å². The molecule has 0 saturated carbocycles. The molecule has 0 aliphatic carbocycles. The summed E-state index contributed by atoms with van der Waals surface area (Å²) in [6, 6.07) is 10.4. The molecule has 9 nitrogen and oxygen atoms in total. The lowest BCUT2D eigenvalue weighted by Crippen LogP contribution is -2.46. The Balaban J connectivity index is 2.20. The summed E-state index contributed by atoms with van der Waals surface area (Å²) in [6.45, 7) is 5.33. The molecular formula is C26H31ClN2O7. The second-order valence-electron chi connectivity index (χ2n) is 9.33. The Kier molecular flexibility index (Phi) is 8.47. The van der Waals surface area contributed by atoms with Crippen molar-refractivity contribution in [3.05, 3.63) is 52.5 Å². The van der Waals surface area contributed by atoms with Crippen molar-refractivity contribution in [3.63, 3.8) is 0 Å². The van der Waals surface area contributed by atoms with Crippen LogP contribution >= 0.6 is 11.6 Å². The molecule has 2 atom stereocenters. The van der Waals surface area contributed by atoms with E-state index in [9.17, 15) is 14.4 Å². The van der Waals surface area contributed by atoms with Crippen LogP contribution in [0.1, 0.15) is 44.4 Å². The number of hydrogen-bond acceptors (Lipinski definition) is 7. The molecule has 2 aromatic carbocycles. The Morgan fingerprint density at radius 1 is 1.14 bits per heavy atom. The van der Waals surface area contributed by atoms with Gasteiger partial charge in [0.15, 0.2) is 11.5 Å². The highest BCUT2D eigenvalue weighted by atomic mass is 35.5. The summed E-state index contributed by atoms with van der Waals surface area (Å²) in [5.41, 5.74) is 6.60. The molecule has 2 amide bonds. The molecule has 36 heavy (non-hydrogen) atoms. The van der Waals surface area contributed by atoms with Crippen LogP contribution in [0.25, 0.3) is 0 Å².